The molecule has 0 aliphatic heterocycles. The summed E-state index contributed by atoms with van der Waals surface area (Å²) in [6.07, 6.45) is 46.8. The molecule has 0 aromatic carbocycles. The van der Waals surface area contributed by atoms with Crippen molar-refractivity contribution >= 4 is 17.9 Å². The van der Waals surface area contributed by atoms with Gasteiger partial charge in [0.2, 0.25) is 0 Å². The smallest absolute Gasteiger partial charge is 0.306 e. The quantitative estimate of drug-likeness (QED) is 0.0272. The van der Waals surface area contributed by atoms with Crippen LogP contribution in [0.5, 0.6) is 0 Å². The van der Waals surface area contributed by atoms with Crippen LogP contribution in [0.15, 0.2) is 48.6 Å². The highest BCUT2D eigenvalue weighted by molar-refractivity contribution is 5.71. The predicted molar refractivity (Wildman–Crippen MR) is 219 cm³/mol. The molecule has 0 spiro atoms. The number of carbonyl (C=O) groups excluding carboxylic acids is 3. The average Bonchev–Trinajstić information content (AvgIpc) is 3.14. The van der Waals surface area contributed by atoms with Crippen molar-refractivity contribution in [2.24, 2.45) is 0 Å². The molecule has 6 heteroatoms. The molecule has 0 aliphatic carbocycles. The summed E-state index contributed by atoms with van der Waals surface area (Å²) in [6, 6.07) is 0. The summed E-state index contributed by atoms with van der Waals surface area (Å²) in [5.74, 6) is -0.962. The van der Waals surface area contributed by atoms with E-state index in [2.05, 4.69) is 69.4 Å². The Morgan fingerprint density at radius 3 is 1.29 bits per heavy atom. The number of esters is 3. The molecular formula is C46H80O6. The van der Waals surface area contributed by atoms with E-state index in [0.29, 0.717) is 19.3 Å². The van der Waals surface area contributed by atoms with Gasteiger partial charge in [-0.1, -0.05) is 146 Å². The minimum atomic E-state index is -0.791. The fraction of sp³-hybridized carbons (Fsp3) is 0.761. The zero-order valence-corrected chi connectivity index (χ0v) is 34.1. The molecule has 300 valence electrons. The number of ether oxygens (including phenoxy) is 3. The summed E-state index contributed by atoms with van der Waals surface area (Å²) in [7, 11) is 0. The lowest BCUT2D eigenvalue weighted by atomic mass is 10.1. The Morgan fingerprint density at radius 1 is 0.404 bits per heavy atom. The van der Waals surface area contributed by atoms with Gasteiger partial charge in [-0.25, -0.2) is 0 Å². The van der Waals surface area contributed by atoms with Gasteiger partial charge >= 0.3 is 17.9 Å². The Bertz CT molecular complexity index is 933. The van der Waals surface area contributed by atoms with E-state index in [4.69, 9.17) is 14.2 Å². The molecular weight excluding hydrogens is 649 g/mol. The molecule has 0 amide bonds. The Morgan fingerprint density at radius 2 is 0.769 bits per heavy atom. The second-order valence-corrected chi connectivity index (χ2v) is 14.2. The number of hydrogen-bond acceptors (Lipinski definition) is 6. The first-order valence-corrected chi connectivity index (χ1v) is 21.6. The van der Waals surface area contributed by atoms with Crippen molar-refractivity contribution in [2.75, 3.05) is 13.2 Å². The molecule has 1 atom stereocenters. The fourth-order valence-electron chi connectivity index (χ4n) is 5.75. The van der Waals surface area contributed by atoms with E-state index in [0.717, 1.165) is 96.3 Å². The van der Waals surface area contributed by atoms with Crippen LogP contribution in [0.2, 0.25) is 0 Å². The van der Waals surface area contributed by atoms with Gasteiger partial charge in [0.25, 0.3) is 0 Å². The maximum Gasteiger partial charge on any atom is 0.306 e. The lowest BCUT2D eigenvalue weighted by Gasteiger charge is -2.18. The molecule has 0 radical (unpaired) electrons. The normalized spacial score (nSPS) is 12.4. The molecule has 6 nitrogen and oxygen atoms in total. The van der Waals surface area contributed by atoms with Crippen LogP contribution in [0, 0.1) is 0 Å². The van der Waals surface area contributed by atoms with Crippen molar-refractivity contribution in [3.8, 4) is 0 Å². The van der Waals surface area contributed by atoms with Crippen molar-refractivity contribution in [1.82, 2.24) is 0 Å². The van der Waals surface area contributed by atoms with Crippen molar-refractivity contribution < 1.29 is 28.6 Å². The van der Waals surface area contributed by atoms with E-state index in [9.17, 15) is 14.4 Å². The zero-order valence-electron chi connectivity index (χ0n) is 34.1. The Kier molecular flexibility index (Phi) is 39.1. The summed E-state index contributed by atoms with van der Waals surface area (Å²) >= 11 is 0. The molecule has 0 heterocycles. The third-order valence-corrected chi connectivity index (χ3v) is 9.04. The number of hydrogen-bond donors (Lipinski definition) is 0. The van der Waals surface area contributed by atoms with E-state index in [1.54, 1.807) is 0 Å². The topological polar surface area (TPSA) is 78.9 Å². The fourth-order valence-corrected chi connectivity index (χ4v) is 5.75. The van der Waals surface area contributed by atoms with E-state index < -0.39 is 6.10 Å². The van der Waals surface area contributed by atoms with Crippen LogP contribution in [0.25, 0.3) is 0 Å². The van der Waals surface area contributed by atoms with Crippen molar-refractivity contribution in [3.63, 3.8) is 0 Å². The second-order valence-electron chi connectivity index (χ2n) is 14.2. The number of allylic oxidation sites excluding steroid dienone is 8. The van der Waals surface area contributed by atoms with E-state index in [1.807, 2.05) is 0 Å². The number of carbonyl (C=O) groups is 3. The van der Waals surface area contributed by atoms with Gasteiger partial charge in [0.05, 0.1) is 0 Å². The summed E-state index contributed by atoms with van der Waals surface area (Å²) in [5, 5.41) is 0. The van der Waals surface area contributed by atoms with Crippen LogP contribution in [0.3, 0.4) is 0 Å². The van der Waals surface area contributed by atoms with Gasteiger partial charge in [-0.2, -0.15) is 0 Å². The van der Waals surface area contributed by atoms with E-state index in [1.165, 1.54) is 70.6 Å². The molecule has 0 N–H and O–H groups in total. The number of rotatable bonds is 38. The molecule has 0 aliphatic rings. The predicted octanol–water partition coefficient (Wildman–Crippen LogP) is 13.6. The first-order chi connectivity index (χ1) is 25.5. The second kappa shape index (κ2) is 41.1. The van der Waals surface area contributed by atoms with Gasteiger partial charge in [-0.15, -0.1) is 0 Å². The first-order valence-electron chi connectivity index (χ1n) is 21.6. The lowest BCUT2D eigenvalue weighted by molar-refractivity contribution is -0.167. The molecule has 52 heavy (non-hydrogen) atoms. The molecule has 0 saturated heterocycles. The largest absolute Gasteiger partial charge is 0.462 e. The van der Waals surface area contributed by atoms with Crippen LogP contribution in [0.4, 0.5) is 0 Å². The van der Waals surface area contributed by atoms with Crippen LogP contribution in [0.1, 0.15) is 207 Å². The zero-order chi connectivity index (χ0) is 38.0. The Balaban J connectivity index is 4.41. The molecule has 0 aromatic rings. The first kappa shape index (κ1) is 49.4. The van der Waals surface area contributed by atoms with Gasteiger partial charge in [0.1, 0.15) is 13.2 Å². The SMILES string of the molecule is CC/C=C\C/C=C\CCCCC(=O)OCC(COC(=O)CCCCC/C=C\CCCCCCCCC)OC(=O)CCCCCCC/C=C\CCCC. The third kappa shape index (κ3) is 38.6. The molecule has 0 rings (SSSR count). The Hall–Kier alpha value is -2.63. The Labute approximate surface area is 320 Å². The van der Waals surface area contributed by atoms with Crippen molar-refractivity contribution in [3.05, 3.63) is 48.6 Å². The minimum Gasteiger partial charge on any atom is -0.462 e. The average molecular weight is 729 g/mol. The maximum absolute atomic E-state index is 12.6. The highest BCUT2D eigenvalue weighted by atomic mass is 16.6. The van der Waals surface area contributed by atoms with Crippen LogP contribution >= 0.6 is 0 Å². The molecule has 0 fully saturated rings. The van der Waals surface area contributed by atoms with Gasteiger partial charge in [0.15, 0.2) is 6.10 Å². The summed E-state index contributed by atoms with van der Waals surface area (Å²) < 4.78 is 16.6. The summed E-state index contributed by atoms with van der Waals surface area (Å²) in [5.41, 5.74) is 0. The molecule has 1 unspecified atom stereocenters. The standard InChI is InChI=1S/C46H80O6/c1-4-7-10-13-16-19-21-22-23-25-27-30-33-36-39-45(48)51-42-43(41-50-44(47)38-35-32-29-26-18-15-12-9-6-3)52-46(49)40-37-34-31-28-24-20-17-14-11-8-5-2/h9,12,14,17-18,23,25-26,43H,4-8,10-11,13,15-16,19-22,24,27-42H2,1-3H3/b12-9-,17-14-,25-23-,26-18-. The summed E-state index contributed by atoms with van der Waals surface area (Å²) in [6.45, 7) is 6.40. The van der Waals surface area contributed by atoms with Crippen LogP contribution in [-0.4, -0.2) is 37.2 Å². The third-order valence-electron chi connectivity index (χ3n) is 9.04. The van der Waals surface area contributed by atoms with Gasteiger partial charge in [0, 0.05) is 19.3 Å². The van der Waals surface area contributed by atoms with E-state index in [-0.39, 0.29) is 31.1 Å². The van der Waals surface area contributed by atoms with Crippen molar-refractivity contribution in [2.45, 2.75) is 213 Å². The summed E-state index contributed by atoms with van der Waals surface area (Å²) in [4.78, 5) is 37.5. The molecule has 0 saturated carbocycles. The van der Waals surface area contributed by atoms with Crippen LogP contribution in [-0.2, 0) is 28.6 Å². The number of unbranched alkanes of at least 4 members (excludes halogenated alkanes) is 19. The van der Waals surface area contributed by atoms with Gasteiger partial charge < -0.3 is 14.2 Å². The lowest BCUT2D eigenvalue weighted by Crippen LogP contribution is -2.30. The van der Waals surface area contributed by atoms with Crippen molar-refractivity contribution in [1.29, 1.82) is 0 Å². The van der Waals surface area contributed by atoms with Crippen LogP contribution < -0.4 is 0 Å². The van der Waals surface area contributed by atoms with Gasteiger partial charge in [-0.05, 0) is 89.9 Å². The monoisotopic (exact) mass is 729 g/mol. The maximum atomic E-state index is 12.6. The highest BCUT2D eigenvalue weighted by Crippen LogP contribution is 2.12. The molecule has 0 aromatic heterocycles. The van der Waals surface area contributed by atoms with E-state index >= 15 is 0 Å². The molecule has 0 bridgehead atoms. The minimum absolute atomic E-state index is 0.0950. The highest BCUT2D eigenvalue weighted by Gasteiger charge is 2.19. The van der Waals surface area contributed by atoms with Gasteiger partial charge in [-0.3, -0.25) is 14.4 Å².